The van der Waals surface area contributed by atoms with Crippen molar-refractivity contribution in [1.82, 2.24) is 20.2 Å². The largest absolute Gasteiger partial charge is 0.307 e. The Kier molecular flexibility index (Phi) is 8.20. The number of halogens is 1. The molecular weight excluding hydrogens is 352 g/mol. The van der Waals surface area contributed by atoms with Gasteiger partial charge in [0.1, 0.15) is 5.82 Å². The third kappa shape index (κ3) is 7.10. The highest BCUT2D eigenvalue weighted by atomic mass is 79.9. The molecule has 1 N–H and O–H groups in total. The first kappa shape index (κ1) is 18.6. The minimum Gasteiger partial charge on any atom is -0.307 e. The molecular formula is C18H29BrN4. The van der Waals surface area contributed by atoms with Crippen molar-refractivity contribution in [2.45, 2.75) is 51.1 Å². The smallest absolute Gasteiger partial charge is 0.142 e. The van der Waals surface area contributed by atoms with Crippen LogP contribution in [-0.4, -0.2) is 41.0 Å². The molecule has 1 aromatic rings. The molecule has 23 heavy (non-hydrogen) atoms. The maximum Gasteiger partial charge on any atom is 0.142 e. The van der Waals surface area contributed by atoms with Gasteiger partial charge in [0.15, 0.2) is 0 Å². The Balaban J connectivity index is 1.58. The lowest BCUT2D eigenvalue weighted by Gasteiger charge is -2.29. The lowest BCUT2D eigenvalue weighted by atomic mass is 9.83. The zero-order valence-corrected chi connectivity index (χ0v) is 15.8. The zero-order chi connectivity index (χ0) is 16.5. The van der Waals surface area contributed by atoms with Crippen molar-refractivity contribution in [2.75, 3.05) is 20.1 Å². The average Bonchev–Trinajstić information content (AvgIpc) is 2.56. The average molecular weight is 381 g/mol. The molecule has 1 saturated carbocycles. The van der Waals surface area contributed by atoms with Crippen molar-refractivity contribution in [3.63, 3.8) is 0 Å². The van der Waals surface area contributed by atoms with Gasteiger partial charge < -0.3 is 10.2 Å². The molecule has 0 radical (unpaired) electrons. The summed E-state index contributed by atoms with van der Waals surface area (Å²) in [6.07, 6.45) is 13.5. The predicted molar refractivity (Wildman–Crippen MR) is 99.2 cm³/mol. The van der Waals surface area contributed by atoms with Crippen molar-refractivity contribution in [1.29, 1.82) is 0 Å². The summed E-state index contributed by atoms with van der Waals surface area (Å²) in [4.78, 5) is 11.0. The number of hydrogen-bond acceptors (Lipinski definition) is 4. The van der Waals surface area contributed by atoms with Crippen LogP contribution in [0.5, 0.6) is 0 Å². The Bertz CT molecular complexity index is 455. The van der Waals surface area contributed by atoms with Gasteiger partial charge in [0.25, 0.3) is 0 Å². The first-order chi connectivity index (χ1) is 11.2. The molecule has 0 unspecified atom stereocenters. The second-order valence-corrected chi connectivity index (χ2v) is 7.52. The van der Waals surface area contributed by atoms with Crippen LogP contribution in [0.2, 0.25) is 0 Å². The van der Waals surface area contributed by atoms with E-state index in [1.165, 1.54) is 45.1 Å². The summed E-state index contributed by atoms with van der Waals surface area (Å²) in [5, 5.41) is 3.61. The summed E-state index contributed by atoms with van der Waals surface area (Å²) in [5.41, 5.74) is 0. The van der Waals surface area contributed by atoms with E-state index < -0.39 is 0 Å². The fraction of sp³-hybridized carbons (Fsp3) is 0.667. The highest BCUT2D eigenvalue weighted by Crippen LogP contribution is 2.28. The summed E-state index contributed by atoms with van der Waals surface area (Å²) < 4.78 is 0.931. The van der Waals surface area contributed by atoms with Crippen molar-refractivity contribution < 1.29 is 0 Å². The molecule has 0 amide bonds. The second kappa shape index (κ2) is 10.2. The van der Waals surface area contributed by atoms with Crippen molar-refractivity contribution in [2.24, 2.45) is 5.92 Å². The van der Waals surface area contributed by atoms with Gasteiger partial charge in [0.2, 0.25) is 0 Å². The molecule has 0 spiro atoms. The van der Waals surface area contributed by atoms with Gasteiger partial charge in [-0.25, -0.2) is 9.97 Å². The number of likely N-dealkylation sites (N-methyl/N-ethyl adjacent to an activating group) is 1. The normalized spacial score (nSPS) is 21.5. The van der Waals surface area contributed by atoms with Crippen LogP contribution < -0.4 is 5.32 Å². The van der Waals surface area contributed by atoms with Crippen molar-refractivity contribution in [3.8, 4) is 0 Å². The summed E-state index contributed by atoms with van der Waals surface area (Å²) in [6, 6.07) is 0.627. The SMILES string of the molecule is C=CCN(C)CCCC1CCC(NCc2ncc(Br)cn2)CC1. The maximum absolute atomic E-state index is 4.32. The predicted octanol–water partition coefficient (Wildman–Crippen LogP) is 3.79. The van der Waals surface area contributed by atoms with E-state index in [1.54, 1.807) is 0 Å². The van der Waals surface area contributed by atoms with Gasteiger partial charge in [-0.3, -0.25) is 0 Å². The summed E-state index contributed by atoms with van der Waals surface area (Å²) >= 11 is 3.36. The Labute approximate surface area is 148 Å². The summed E-state index contributed by atoms with van der Waals surface area (Å²) in [7, 11) is 2.17. The molecule has 0 atom stereocenters. The van der Waals surface area contributed by atoms with E-state index in [-0.39, 0.29) is 0 Å². The molecule has 0 aliphatic heterocycles. The molecule has 0 saturated heterocycles. The van der Waals surface area contributed by atoms with Crippen LogP contribution in [0.3, 0.4) is 0 Å². The van der Waals surface area contributed by atoms with E-state index in [0.29, 0.717) is 6.04 Å². The molecule has 5 heteroatoms. The van der Waals surface area contributed by atoms with Gasteiger partial charge in [-0.15, -0.1) is 6.58 Å². The molecule has 1 aliphatic rings. The van der Waals surface area contributed by atoms with E-state index >= 15 is 0 Å². The summed E-state index contributed by atoms with van der Waals surface area (Å²) in [5.74, 6) is 1.79. The van der Waals surface area contributed by atoms with Crippen LogP contribution in [-0.2, 0) is 6.54 Å². The Morgan fingerprint density at radius 1 is 1.30 bits per heavy atom. The molecule has 1 aliphatic carbocycles. The Morgan fingerprint density at radius 3 is 2.65 bits per heavy atom. The molecule has 128 valence electrons. The quantitative estimate of drug-likeness (QED) is 0.661. The van der Waals surface area contributed by atoms with Crippen LogP contribution in [0.4, 0.5) is 0 Å². The monoisotopic (exact) mass is 380 g/mol. The number of hydrogen-bond donors (Lipinski definition) is 1. The number of nitrogens with zero attached hydrogens (tertiary/aromatic N) is 3. The molecule has 1 heterocycles. The van der Waals surface area contributed by atoms with E-state index in [0.717, 1.165) is 29.3 Å². The first-order valence-corrected chi connectivity index (χ1v) is 9.46. The topological polar surface area (TPSA) is 41.0 Å². The van der Waals surface area contributed by atoms with Crippen molar-refractivity contribution in [3.05, 3.63) is 35.3 Å². The minimum absolute atomic E-state index is 0.627. The Hall–Kier alpha value is -0.780. The summed E-state index contributed by atoms with van der Waals surface area (Å²) in [6.45, 7) is 6.74. The van der Waals surface area contributed by atoms with Crippen LogP contribution >= 0.6 is 15.9 Å². The van der Waals surface area contributed by atoms with E-state index in [2.05, 4.69) is 49.7 Å². The molecule has 1 fully saturated rings. The van der Waals surface area contributed by atoms with E-state index in [1.807, 2.05) is 18.5 Å². The number of aromatic nitrogens is 2. The maximum atomic E-state index is 4.32. The fourth-order valence-corrected chi connectivity index (χ4v) is 3.49. The van der Waals surface area contributed by atoms with Crippen LogP contribution in [0.25, 0.3) is 0 Å². The lowest BCUT2D eigenvalue weighted by Crippen LogP contribution is -2.33. The van der Waals surface area contributed by atoms with E-state index in [9.17, 15) is 0 Å². The third-order valence-corrected chi connectivity index (χ3v) is 5.07. The van der Waals surface area contributed by atoms with Crippen LogP contribution in [0.15, 0.2) is 29.5 Å². The highest BCUT2D eigenvalue weighted by molar-refractivity contribution is 9.10. The number of nitrogens with one attached hydrogen (secondary N) is 1. The number of rotatable bonds is 9. The zero-order valence-electron chi connectivity index (χ0n) is 14.2. The van der Waals surface area contributed by atoms with Gasteiger partial charge in [0, 0.05) is 25.0 Å². The first-order valence-electron chi connectivity index (χ1n) is 8.66. The Morgan fingerprint density at radius 2 is 2.00 bits per heavy atom. The van der Waals surface area contributed by atoms with Gasteiger partial charge in [-0.05, 0) is 74.0 Å². The molecule has 2 rings (SSSR count). The van der Waals surface area contributed by atoms with Gasteiger partial charge in [0.05, 0.1) is 11.0 Å². The van der Waals surface area contributed by atoms with Crippen LogP contribution in [0, 0.1) is 5.92 Å². The van der Waals surface area contributed by atoms with Gasteiger partial charge in [-0.1, -0.05) is 6.08 Å². The molecule has 4 nitrogen and oxygen atoms in total. The van der Waals surface area contributed by atoms with E-state index in [4.69, 9.17) is 0 Å². The standard InChI is InChI=1S/C18H29BrN4/c1-3-10-23(2)11-4-5-15-6-8-17(9-7-15)20-14-18-21-12-16(19)13-22-18/h3,12-13,15,17,20H,1,4-11,14H2,2H3. The fourth-order valence-electron chi connectivity index (χ4n) is 3.28. The lowest BCUT2D eigenvalue weighted by molar-refractivity contribution is 0.261. The molecule has 0 aromatic carbocycles. The van der Waals surface area contributed by atoms with Gasteiger partial charge in [-0.2, -0.15) is 0 Å². The minimum atomic E-state index is 0.627. The highest BCUT2D eigenvalue weighted by Gasteiger charge is 2.20. The third-order valence-electron chi connectivity index (χ3n) is 4.66. The second-order valence-electron chi connectivity index (χ2n) is 6.61. The van der Waals surface area contributed by atoms with Gasteiger partial charge >= 0.3 is 0 Å². The molecule has 1 aromatic heterocycles. The molecule has 0 bridgehead atoms. The van der Waals surface area contributed by atoms with Crippen molar-refractivity contribution >= 4 is 15.9 Å². The van der Waals surface area contributed by atoms with Crippen LogP contribution in [0.1, 0.15) is 44.3 Å².